The third kappa shape index (κ3) is 5.22. The lowest BCUT2D eigenvalue weighted by Crippen LogP contribution is -2.34. The summed E-state index contributed by atoms with van der Waals surface area (Å²) >= 11 is 0. The van der Waals surface area contributed by atoms with E-state index in [9.17, 15) is 4.79 Å². The molecular formula is C11H23NO2. The number of nitrogens with zero attached hydrogens (tertiary/aromatic N) is 1. The number of rotatable bonds is 4. The van der Waals surface area contributed by atoms with E-state index in [2.05, 4.69) is 0 Å². The number of ether oxygens (including phenoxy) is 1. The molecule has 3 nitrogen and oxygen atoms in total. The second kappa shape index (κ2) is 5.35. The lowest BCUT2D eigenvalue weighted by Gasteiger charge is -2.24. The second-order valence-corrected chi connectivity index (χ2v) is 4.95. The summed E-state index contributed by atoms with van der Waals surface area (Å²) in [6.45, 7) is 8.44. The fourth-order valence-corrected chi connectivity index (χ4v) is 0.985. The first kappa shape index (κ1) is 13.4. The van der Waals surface area contributed by atoms with Crippen molar-refractivity contribution < 1.29 is 9.53 Å². The van der Waals surface area contributed by atoms with Crippen LogP contribution in [0.4, 0.5) is 0 Å². The van der Waals surface area contributed by atoms with Gasteiger partial charge in [0.2, 0.25) is 0 Å². The fourth-order valence-electron chi connectivity index (χ4n) is 0.985. The highest BCUT2D eigenvalue weighted by Gasteiger charge is 2.25. The first-order chi connectivity index (χ1) is 6.27. The number of hydrogen-bond acceptors (Lipinski definition) is 3. The van der Waals surface area contributed by atoms with Gasteiger partial charge in [0.05, 0.1) is 5.41 Å². The van der Waals surface area contributed by atoms with Crippen molar-refractivity contribution in [2.45, 2.75) is 40.2 Å². The Labute approximate surface area is 87.4 Å². The van der Waals surface area contributed by atoms with E-state index in [1.165, 1.54) is 0 Å². The van der Waals surface area contributed by atoms with Gasteiger partial charge in [-0.1, -0.05) is 6.92 Å². The third-order valence-electron chi connectivity index (χ3n) is 1.91. The van der Waals surface area contributed by atoms with Crippen molar-refractivity contribution in [3.8, 4) is 0 Å². The summed E-state index contributed by atoms with van der Waals surface area (Å²) in [6, 6.07) is 0. The zero-order valence-corrected chi connectivity index (χ0v) is 10.3. The summed E-state index contributed by atoms with van der Waals surface area (Å²) in [4.78, 5) is 13.6. The van der Waals surface area contributed by atoms with Gasteiger partial charge in [0.1, 0.15) is 6.10 Å². The van der Waals surface area contributed by atoms with E-state index in [-0.39, 0.29) is 12.1 Å². The van der Waals surface area contributed by atoms with Crippen molar-refractivity contribution in [1.82, 2.24) is 4.90 Å². The van der Waals surface area contributed by atoms with Crippen molar-refractivity contribution in [1.29, 1.82) is 0 Å². The van der Waals surface area contributed by atoms with Crippen LogP contribution in [-0.4, -0.2) is 37.6 Å². The van der Waals surface area contributed by atoms with E-state index in [1.807, 2.05) is 46.7 Å². The third-order valence-corrected chi connectivity index (χ3v) is 1.91. The molecule has 0 saturated heterocycles. The van der Waals surface area contributed by atoms with E-state index in [4.69, 9.17) is 4.74 Å². The first-order valence-electron chi connectivity index (χ1n) is 5.13. The minimum absolute atomic E-state index is 0.0109. The van der Waals surface area contributed by atoms with Gasteiger partial charge in [-0.05, 0) is 41.3 Å². The molecule has 1 unspecified atom stereocenters. The average Bonchev–Trinajstić information content (AvgIpc) is 2.00. The van der Waals surface area contributed by atoms with Crippen LogP contribution in [0.5, 0.6) is 0 Å². The number of hydrogen-bond donors (Lipinski definition) is 0. The molecule has 0 bridgehead atoms. The number of carbonyl (C=O) groups excluding carboxylic acids is 1. The monoisotopic (exact) mass is 201 g/mol. The Morgan fingerprint density at radius 1 is 1.36 bits per heavy atom. The van der Waals surface area contributed by atoms with Gasteiger partial charge in [-0.15, -0.1) is 0 Å². The van der Waals surface area contributed by atoms with Crippen LogP contribution < -0.4 is 0 Å². The lowest BCUT2D eigenvalue weighted by atomic mass is 9.97. The van der Waals surface area contributed by atoms with Gasteiger partial charge in [-0.3, -0.25) is 4.79 Å². The minimum Gasteiger partial charge on any atom is -0.461 e. The molecule has 0 radical (unpaired) electrons. The van der Waals surface area contributed by atoms with Crippen LogP contribution in [0.15, 0.2) is 0 Å². The van der Waals surface area contributed by atoms with Crippen LogP contribution >= 0.6 is 0 Å². The molecule has 0 heterocycles. The van der Waals surface area contributed by atoms with Crippen molar-refractivity contribution in [3.63, 3.8) is 0 Å². The fraction of sp³-hybridized carbons (Fsp3) is 0.909. The Balaban J connectivity index is 4.12. The minimum atomic E-state index is -0.403. The smallest absolute Gasteiger partial charge is 0.311 e. The van der Waals surface area contributed by atoms with Gasteiger partial charge in [0.15, 0.2) is 0 Å². The normalized spacial score (nSPS) is 14.2. The largest absolute Gasteiger partial charge is 0.461 e. The highest BCUT2D eigenvalue weighted by atomic mass is 16.5. The highest BCUT2D eigenvalue weighted by Crippen LogP contribution is 2.17. The number of likely N-dealkylation sites (N-methyl/N-ethyl adjacent to an activating group) is 1. The van der Waals surface area contributed by atoms with E-state index >= 15 is 0 Å². The Morgan fingerprint density at radius 2 is 1.86 bits per heavy atom. The molecule has 0 aliphatic heterocycles. The molecule has 3 heteroatoms. The maximum atomic E-state index is 11.6. The molecular weight excluding hydrogens is 178 g/mol. The molecule has 0 saturated carbocycles. The Bertz CT molecular complexity index is 182. The summed E-state index contributed by atoms with van der Waals surface area (Å²) in [5, 5.41) is 0. The first-order valence-corrected chi connectivity index (χ1v) is 5.13. The quantitative estimate of drug-likeness (QED) is 0.651. The van der Waals surface area contributed by atoms with Crippen LogP contribution in [0, 0.1) is 5.41 Å². The Morgan fingerprint density at radius 3 is 2.14 bits per heavy atom. The molecule has 1 atom stereocenters. The van der Waals surface area contributed by atoms with E-state index in [0.717, 1.165) is 13.0 Å². The maximum Gasteiger partial charge on any atom is 0.311 e. The summed E-state index contributed by atoms with van der Waals surface area (Å²) in [7, 11) is 3.96. The van der Waals surface area contributed by atoms with Crippen LogP contribution in [0.3, 0.4) is 0 Å². The van der Waals surface area contributed by atoms with Crippen molar-refractivity contribution >= 4 is 5.97 Å². The van der Waals surface area contributed by atoms with Crippen LogP contribution in [0.25, 0.3) is 0 Å². The highest BCUT2D eigenvalue weighted by molar-refractivity contribution is 5.75. The predicted octanol–water partition coefficient (Wildman–Crippen LogP) is 1.92. The number of carbonyl (C=O) groups is 1. The number of esters is 1. The van der Waals surface area contributed by atoms with E-state index in [0.29, 0.717) is 0 Å². The Kier molecular flexibility index (Phi) is 5.13. The van der Waals surface area contributed by atoms with Gasteiger partial charge in [0.25, 0.3) is 0 Å². The molecule has 0 spiro atoms. The maximum absolute atomic E-state index is 11.6. The summed E-state index contributed by atoms with van der Waals surface area (Å²) in [5.41, 5.74) is -0.403. The van der Waals surface area contributed by atoms with Crippen molar-refractivity contribution in [2.75, 3.05) is 20.6 Å². The van der Waals surface area contributed by atoms with Gasteiger partial charge < -0.3 is 9.64 Å². The molecule has 0 fully saturated rings. The molecule has 0 amide bonds. The lowest BCUT2D eigenvalue weighted by molar-refractivity contribution is -0.159. The zero-order chi connectivity index (χ0) is 11.4. The SMILES string of the molecule is CCC(CN(C)C)OC(=O)C(C)(C)C. The molecule has 14 heavy (non-hydrogen) atoms. The average molecular weight is 201 g/mol. The van der Waals surface area contributed by atoms with E-state index in [1.54, 1.807) is 0 Å². The molecule has 0 aromatic carbocycles. The molecule has 0 aliphatic rings. The summed E-state index contributed by atoms with van der Waals surface area (Å²) in [6.07, 6.45) is 0.872. The molecule has 0 rings (SSSR count). The van der Waals surface area contributed by atoms with Crippen molar-refractivity contribution in [3.05, 3.63) is 0 Å². The topological polar surface area (TPSA) is 29.5 Å². The van der Waals surface area contributed by atoms with Crippen LogP contribution in [0.2, 0.25) is 0 Å². The zero-order valence-electron chi connectivity index (χ0n) is 10.3. The standard InChI is InChI=1S/C11H23NO2/c1-7-9(8-12(5)6)14-10(13)11(2,3)4/h9H,7-8H2,1-6H3. The molecule has 0 aliphatic carbocycles. The van der Waals surface area contributed by atoms with Gasteiger partial charge in [0, 0.05) is 6.54 Å². The molecule has 0 aromatic heterocycles. The summed E-state index contributed by atoms with van der Waals surface area (Å²) in [5.74, 6) is -0.119. The molecule has 0 aromatic rings. The van der Waals surface area contributed by atoms with Gasteiger partial charge in [-0.25, -0.2) is 0 Å². The predicted molar refractivity (Wildman–Crippen MR) is 58.2 cm³/mol. The second-order valence-electron chi connectivity index (χ2n) is 4.95. The van der Waals surface area contributed by atoms with Crippen molar-refractivity contribution in [2.24, 2.45) is 5.41 Å². The van der Waals surface area contributed by atoms with Gasteiger partial charge in [-0.2, -0.15) is 0 Å². The molecule has 84 valence electrons. The van der Waals surface area contributed by atoms with Crippen LogP contribution in [0.1, 0.15) is 34.1 Å². The molecule has 0 N–H and O–H groups in total. The summed E-state index contributed by atoms with van der Waals surface area (Å²) < 4.78 is 5.39. The Hall–Kier alpha value is -0.570. The van der Waals surface area contributed by atoms with E-state index < -0.39 is 5.41 Å². The van der Waals surface area contributed by atoms with Gasteiger partial charge >= 0.3 is 5.97 Å². The van der Waals surface area contributed by atoms with Crippen LogP contribution in [-0.2, 0) is 9.53 Å².